The average molecular weight is 939 g/mol. The third kappa shape index (κ3) is 14.9. The van der Waals surface area contributed by atoms with E-state index in [1.54, 1.807) is 11.8 Å². The molecule has 3 aliphatic rings. The van der Waals surface area contributed by atoms with Crippen molar-refractivity contribution in [1.29, 1.82) is 0 Å². The van der Waals surface area contributed by atoms with Crippen LogP contribution < -0.4 is 54.0 Å². The fraction of sp³-hybridized carbons (Fsp3) is 0.725. The van der Waals surface area contributed by atoms with Gasteiger partial charge in [-0.3, -0.25) is 52.8 Å². The van der Waals surface area contributed by atoms with Crippen LogP contribution in [0.15, 0.2) is 0 Å². The van der Waals surface area contributed by atoms with Crippen LogP contribution in [0.5, 0.6) is 0 Å². The Labute approximate surface area is 382 Å². The number of fused-ring (bicyclic) bond motifs is 3. The van der Waals surface area contributed by atoms with E-state index in [0.717, 1.165) is 0 Å². The van der Waals surface area contributed by atoms with Gasteiger partial charge in [0.2, 0.25) is 59.1 Å². The molecule has 0 aliphatic carbocycles. The molecule has 0 spiro atoms. The average Bonchev–Trinajstić information content (AvgIpc) is 3.89. The van der Waals surface area contributed by atoms with Crippen molar-refractivity contribution in [3.63, 3.8) is 0 Å². The molecule has 0 aromatic rings. The summed E-state index contributed by atoms with van der Waals surface area (Å²) in [5, 5.41) is 20.0. The van der Waals surface area contributed by atoms with E-state index in [1.165, 1.54) is 65.4 Å². The van der Waals surface area contributed by atoms with Crippen LogP contribution in [0.4, 0.5) is 4.79 Å². The number of unbranched alkanes of at least 4 members (excludes halogenated alkanes) is 1. The second kappa shape index (κ2) is 24.5. The number of carbonyl (C=O) groups is 11. The molecular formula is C40H66N12O12S. The van der Waals surface area contributed by atoms with Crippen molar-refractivity contribution >= 4 is 76.9 Å². The van der Waals surface area contributed by atoms with Crippen LogP contribution in [0.1, 0.15) is 87.0 Å². The number of likely N-dealkylation sites (tertiary alicyclic amines) is 1. The maximum absolute atomic E-state index is 13.8. The van der Waals surface area contributed by atoms with Crippen molar-refractivity contribution in [2.45, 2.75) is 159 Å². The Morgan fingerprint density at radius 3 is 1.55 bits per heavy atom. The molecule has 25 heteroatoms. The Morgan fingerprint density at radius 1 is 0.646 bits per heavy atom. The van der Waals surface area contributed by atoms with Gasteiger partial charge < -0.3 is 63.6 Å². The van der Waals surface area contributed by atoms with E-state index < -0.39 is 120 Å². The number of methoxy groups -OCH3 is 1. The van der Waals surface area contributed by atoms with E-state index in [9.17, 15) is 52.7 Å². The summed E-state index contributed by atoms with van der Waals surface area (Å²) < 4.78 is 4.89. The van der Waals surface area contributed by atoms with Crippen LogP contribution in [0.2, 0.25) is 0 Å². The number of nitrogens with zero attached hydrogens (tertiary/aromatic N) is 2. The first-order valence-electron chi connectivity index (χ1n) is 21.7. The minimum Gasteiger partial charge on any atom is -0.453 e. The summed E-state index contributed by atoms with van der Waals surface area (Å²) in [7, 11) is 1.25. The molecular weight excluding hydrogens is 873 g/mol. The van der Waals surface area contributed by atoms with Gasteiger partial charge in [-0.25, -0.2) is 4.79 Å². The lowest BCUT2D eigenvalue weighted by Gasteiger charge is -2.35. The van der Waals surface area contributed by atoms with Crippen molar-refractivity contribution in [1.82, 2.24) is 52.3 Å². The van der Waals surface area contributed by atoms with Gasteiger partial charge >= 0.3 is 6.09 Å². The summed E-state index contributed by atoms with van der Waals surface area (Å²) in [4.78, 5) is 145. The SMILES string of the molecule is COC(=O)N1C[C@H]2C[C@@H]1C(=O)N1C(CC[C@H]1C(=O)N[C@@H](C)C(=O)N[C@@H](C)C(=O)N[C@@H](C)C(=O)N[C@@H](C)C(=O)N[C@@H](CCCCN)C(=O)N[C@@H](C)C(=O)N[C@@H](C)C(=O)N[C@@H](C)C(N)=O)CS2. The summed E-state index contributed by atoms with van der Waals surface area (Å²) in [6.45, 7) is 10.3. The molecule has 0 aromatic carbocycles. The highest BCUT2D eigenvalue weighted by Gasteiger charge is 2.50. The standard InChI is InChI=1S/C40H66N12O12S/c1-18(30(42)53)43-31(54)19(2)44-34(57)22(5)48-37(60)27(11-9-10-14-41)50-36(59)24(7)47-33(56)21(4)45-32(55)20(3)46-35(58)23(6)49-38(61)28-13-12-25-17-65-26-15-29(39(62)52(25)28)51(16-26)40(63)64-8/h18-29H,9-17,41H2,1-8H3,(H2,42,53)(H,43,54)(H,44,57)(H,45,55)(H,46,58)(H,47,56)(H,48,60)(H,49,61)(H,50,59)/t18-,19-,20-,21-,22-,23-,24-,25?,26+,27-,28-,29+/m0/s1. The summed E-state index contributed by atoms with van der Waals surface area (Å²) in [6, 6.07) is -10.9. The summed E-state index contributed by atoms with van der Waals surface area (Å²) in [5.41, 5.74) is 10.8. The van der Waals surface area contributed by atoms with E-state index in [-0.39, 0.29) is 23.6 Å². The van der Waals surface area contributed by atoms with E-state index in [0.29, 0.717) is 50.9 Å². The molecule has 3 rings (SSSR count). The second-order valence-corrected chi connectivity index (χ2v) is 18.0. The lowest BCUT2D eigenvalue weighted by atomic mass is 10.1. The molecule has 0 radical (unpaired) electrons. The monoisotopic (exact) mass is 938 g/mol. The minimum atomic E-state index is -1.21. The van der Waals surface area contributed by atoms with E-state index in [4.69, 9.17) is 16.2 Å². The zero-order valence-electron chi connectivity index (χ0n) is 38.1. The van der Waals surface area contributed by atoms with Gasteiger partial charge in [0, 0.05) is 23.6 Å². The normalized spacial score (nSPS) is 22.6. The molecule has 3 aliphatic heterocycles. The Bertz CT molecular complexity index is 1820. The zero-order chi connectivity index (χ0) is 48.9. The number of primary amides is 1. The molecule has 12 N–H and O–H groups in total. The fourth-order valence-electron chi connectivity index (χ4n) is 7.37. The highest BCUT2D eigenvalue weighted by Crippen LogP contribution is 2.38. The first-order valence-corrected chi connectivity index (χ1v) is 22.8. The summed E-state index contributed by atoms with van der Waals surface area (Å²) >= 11 is 1.65. The van der Waals surface area contributed by atoms with Crippen LogP contribution in [0.25, 0.3) is 0 Å². The molecule has 24 nitrogen and oxygen atoms in total. The highest BCUT2D eigenvalue weighted by molar-refractivity contribution is 8.00. The van der Waals surface area contributed by atoms with E-state index >= 15 is 0 Å². The predicted octanol–water partition coefficient (Wildman–Crippen LogP) is -4.07. The van der Waals surface area contributed by atoms with Gasteiger partial charge in [0.1, 0.15) is 60.4 Å². The lowest BCUT2D eigenvalue weighted by molar-refractivity contribution is -0.144. The zero-order valence-corrected chi connectivity index (χ0v) is 39.0. The van der Waals surface area contributed by atoms with Gasteiger partial charge in [0.05, 0.1) is 7.11 Å². The molecule has 0 saturated carbocycles. The molecule has 11 amide bonds. The van der Waals surface area contributed by atoms with E-state index in [2.05, 4.69) is 42.5 Å². The predicted molar refractivity (Wildman–Crippen MR) is 235 cm³/mol. The van der Waals surface area contributed by atoms with Gasteiger partial charge in [-0.05, 0) is 93.5 Å². The summed E-state index contributed by atoms with van der Waals surface area (Å²) in [6.07, 6.45) is 1.83. The molecule has 65 heavy (non-hydrogen) atoms. The van der Waals surface area contributed by atoms with Gasteiger partial charge in [-0.2, -0.15) is 11.8 Å². The van der Waals surface area contributed by atoms with Crippen molar-refractivity contribution in [2.75, 3.05) is 26.0 Å². The third-order valence-electron chi connectivity index (χ3n) is 11.4. The van der Waals surface area contributed by atoms with Crippen molar-refractivity contribution < 1.29 is 57.5 Å². The van der Waals surface area contributed by atoms with Gasteiger partial charge in [0.15, 0.2) is 0 Å². The number of thioether (sulfide) groups is 1. The first-order chi connectivity index (χ1) is 30.5. The highest BCUT2D eigenvalue weighted by atomic mass is 32.2. The molecule has 1 unspecified atom stereocenters. The Morgan fingerprint density at radius 2 is 1.09 bits per heavy atom. The number of ether oxygens (including phenoxy) is 1. The maximum Gasteiger partial charge on any atom is 0.410 e. The van der Waals surface area contributed by atoms with Gasteiger partial charge in [-0.1, -0.05) is 0 Å². The lowest BCUT2D eigenvalue weighted by Crippen LogP contribution is -2.59. The number of carbonyl (C=O) groups excluding carboxylic acids is 11. The summed E-state index contributed by atoms with van der Waals surface area (Å²) in [5.74, 6) is -6.20. The first kappa shape index (κ1) is 53.6. The van der Waals surface area contributed by atoms with Crippen LogP contribution in [0, 0.1) is 0 Å². The minimum absolute atomic E-state index is 0.0770. The number of hydrogen-bond acceptors (Lipinski definition) is 14. The van der Waals surface area contributed by atoms with E-state index in [1.807, 2.05) is 0 Å². The largest absolute Gasteiger partial charge is 0.453 e. The number of nitrogens with one attached hydrogen (secondary N) is 8. The maximum atomic E-state index is 13.8. The van der Waals surface area contributed by atoms with Crippen molar-refractivity contribution in [3.05, 3.63) is 0 Å². The van der Waals surface area contributed by atoms with Crippen molar-refractivity contribution in [3.8, 4) is 0 Å². The van der Waals surface area contributed by atoms with Crippen molar-refractivity contribution in [2.24, 2.45) is 11.5 Å². The third-order valence-corrected chi connectivity index (χ3v) is 12.8. The molecule has 12 atom stereocenters. The number of hydrogen-bond donors (Lipinski definition) is 10. The smallest absolute Gasteiger partial charge is 0.410 e. The molecule has 364 valence electrons. The van der Waals surface area contributed by atoms with Gasteiger partial charge in [-0.15, -0.1) is 0 Å². The quantitative estimate of drug-likeness (QED) is 0.0490. The van der Waals surface area contributed by atoms with Crippen LogP contribution in [-0.2, 0) is 52.7 Å². The topological polar surface area (TPSA) is 352 Å². The fourth-order valence-corrected chi connectivity index (χ4v) is 8.77. The second-order valence-electron chi connectivity index (χ2n) is 16.7. The van der Waals surface area contributed by atoms with Crippen LogP contribution in [-0.4, -0.2) is 173 Å². The Kier molecular flexibility index (Phi) is 20.2. The molecule has 3 fully saturated rings. The number of rotatable bonds is 21. The van der Waals surface area contributed by atoms with Crippen LogP contribution in [0.3, 0.4) is 0 Å². The Balaban J connectivity index is 1.50. The molecule has 3 saturated heterocycles. The molecule has 0 aromatic heterocycles. The van der Waals surface area contributed by atoms with Gasteiger partial charge in [0.25, 0.3) is 0 Å². The molecule has 2 bridgehead atoms. The number of nitrogens with two attached hydrogens (primary N) is 2. The van der Waals surface area contributed by atoms with Crippen LogP contribution >= 0.6 is 11.8 Å². The molecule has 3 heterocycles. The Hall–Kier alpha value is -5.72. The number of amides is 11.